The van der Waals surface area contributed by atoms with Crippen LogP contribution >= 0.6 is 0 Å². The summed E-state index contributed by atoms with van der Waals surface area (Å²) >= 11 is 0. The number of H-pyrrole nitrogens is 1. The van der Waals surface area contributed by atoms with Crippen molar-refractivity contribution in [2.24, 2.45) is 5.73 Å². The number of anilines is 1. The highest BCUT2D eigenvalue weighted by Crippen LogP contribution is 1.94. The third-order valence-electron chi connectivity index (χ3n) is 1.71. The Kier molecular flexibility index (Phi) is 5.42. The summed E-state index contributed by atoms with van der Waals surface area (Å²) in [5.74, 6) is 0.581. The molecule has 0 amide bonds. The lowest BCUT2D eigenvalue weighted by Crippen LogP contribution is -2.13. The van der Waals surface area contributed by atoms with Gasteiger partial charge in [0.15, 0.2) is 0 Å². The first-order valence-corrected chi connectivity index (χ1v) is 4.89. The normalized spacial score (nSPS) is 10.2. The molecule has 6 heteroatoms. The van der Waals surface area contributed by atoms with Crippen LogP contribution in [-0.2, 0) is 4.74 Å². The van der Waals surface area contributed by atoms with Crippen LogP contribution in [0.4, 0.5) is 5.82 Å². The van der Waals surface area contributed by atoms with Crippen molar-refractivity contribution in [3.8, 4) is 0 Å². The van der Waals surface area contributed by atoms with Gasteiger partial charge in [-0.3, -0.25) is 4.79 Å². The van der Waals surface area contributed by atoms with Crippen LogP contribution in [0.2, 0.25) is 0 Å². The lowest BCUT2D eigenvalue weighted by atomic mass is 10.4. The Morgan fingerprint density at radius 1 is 1.53 bits per heavy atom. The number of nitrogens with zero attached hydrogens (tertiary/aromatic N) is 1. The van der Waals surface area contributed by atoms with Crippen molar-refractivity contribution in [2.75, 3.05) is 31.6 Å². The van der Waals surface area contributed by atoms with Gasteiger partial charge in [0.05, 0.1) is 12.9 Å². The number of nitrogens with two attached hydrogens (primary N) is 1. The summed E-state index contributed by atoms with van der Waals surface area (Å²) in [4.78, 5) is 17.3. The Hall–Kier alpha value is -1.40. The van der Waals surface area contributed by atoms with Crippen molar-refractivity contribution >= 4 is 5.82 Å². The molecule has 1 aromatic rings. The monoisotopic (exact) mass is 212 g/mol. The van der Waals surface area contributed by atoms with E-state index in [0.717, 1.165) is 13.0 Å². The van der Waals surface area contributed by atoms with E-state index in [1.54, 1.807) is 0 Å². The van der Waals surface area contributed by atoms with E-state index in [2.05, 4.69) is 15.3 Å². The van der Waals surface area contributed by atoms with Crippen molar-refractivity contribution in [3.05, 3.63) is 22.7 Å². The van der Waals surface area contributed by atoms with Gasteiger partial charge in [0.1, 0.15) is 5.82 Å². The molecule has 0 aliphatic heterocycles. The van der Waals surface area contributed by atoms with Crippen LogP contribution in [0.15, 0.2) is 17.2 Å². The topological polar surface area (TPSA) is 93.0 Å². The van der Waals surface area contributed by atoms with E-state index >= 15 is 0 Å². The van der Waals surface area contributed by atoms with Gasteiger partial charge >= 0.3 is 0 Å². The van der Waals surface area contributed by atoms with Crippen molar-refractivity contribution in [3.63, 3.8) is 0 Å². The first-order valence-electron chi connectivity index (χ1n) is 4.89. The average Bonchev–Trinajstić information content (AvgIpc) is 2.23. The maximum absolute atomic E-state index is 10.9. The highest BCUT2D eigenvalue weighted by Gasteiger charge is 1.93. The Labute approximate surface area is 87.9 Å². The van der Waals surface area contributed by atoms with Crippen molar-refractivity contribution in [2.45, 2.75) is 6.42 Å². The second kappa shape index (κ2) is 6.97. The van der Waals surface area contributed by atoms with Crippen molar-refractivity contribution in [1.29, 1.82) is 0 Å². The summed E-state index contributed by atoms with van der Waals surface area (Å²) in [6, 6.07) is 1.42. The summed E-state index contributed by atoms with van der Waals surface area (Å²) in [7, 11) is 0. The van der Waals surface area contributed by atoms with Crippen molar-refractivity contribution in [1.82, 2.24) is 9.97 Å². The standard InChI is InChI=1S/C9H16N4O2/c10-2-5-15-4-1-3-11-8-6-9(14)13-7-12-8/h6-7H,1-5,10H2,(H2,11,12,13,14). The molecule has 4 N–H and O–H groups in total. The van der Waals surface area contributed by atoms with Crippen LogP contribution in [0.5, 0.6) is 0 Å². The number of hydrogen-bond acceptors (Lipinski definition) is 5. The van der Waals surface area contributed by atoms with Crippen LogP contribution in [-0.4, -0.2) is 36.3 Å². The van der Waals surface area contributed by atoms with Gasteiger partial charge in [0, 0.05) is 25.8 Å². The van der Waals surface area contributed by atoms with Gasteiger partial charge in [-0.1, -0.05) is 0 Å². The smallest absolute Gasteiger partial charge is 0.252 e. The Morgan fingerprint density at radius 2 is 2.40 bits per heavy atom. The molecule has 6 nitrogen and oxygen atoms in total. The number of aromatic nitrogens is 2. The summed E-state index contributed by atoms with van der Waals surface area (Å²) in [5.41, 5.74) is 5.10. The first-order chi connectivity index (χ1) is 7.33. The number of nitrogens with one attached hydrogen (secondary N) is 2. The predicted octanol–water partition coefficient (Wildman–Crippen LogP) is -0.453. The van der Waals surface area contributed by atoms with Crippen molar-refractivity contribution < 1.29 is 4.74 Å². The Bertz CT molecular complexity index is 326. The maximum atomic E-state index is 10.9. The Morgan fingerprint density at radius 3 is 3.13 bits per heavy atom. The lowest BCUT2D eigenvalue weighted by molar-refractivity contribution is 0.141. The number of aromatic amines is 1. The molecule has 0 spiro atoms. The molecule has 1 aromatic heterocycles. The van der Waals surface area contributed by atoms with E-state index in [1.165, 1.54) is 12.4 Å². The SMILES string of the molecule is NCCOCCCNc1cc(=O)[nH]cn1. The van der Waals surface area contributed by atoms with E-state index in [-0.39, 0.29) is 5.56 Å². The maximum Gasteiger partial charge on any atom is 0.252 e. The molecule has 0 aliphatic carbocycles. The fourth-order valence-corrected chi connectivity index (χ4v) is 1.04. The molecule has 1 heterocycles. The molecular weight excluding hydrogens is 196 g/mol. The molecule has 0 atom stereocenters. The molecule has 15 heavy (non-hydrogen) atoms. The zero-order valence-electron chi connectivity index (χ0n) is 8.53. The second-order valence-corrected chi connectivity index (χ2v) is 2.98. The molecule has 0 aliphatic rings. The van der Waals surface area contributed by atoms with E-state index in [9.17, 15) is 4.79 Å². The molecule has 84 valence electrons. The van der Waals surface area contributed by atoms with Gasteiger partial charge in [0.25, 0.3) is 5.56 Å². The molecule has 0 bridgehead atoms. The third kappa shape index (κ3) is 5.14. The lowest BCUT2D eigenvalue weighted by Gasteiger charge is -2.04. The number of ether oxygens (including phenoxy) is 1. The fourth-order valence-electron chi connectivity index (χ4n) is 1.04. The average molecular weight is 212 g/mol. The van der Waals surface area contributed by atoms with E-state index in [0.29, 0.717) is 25.6 Å². The number of hydrogen-bond donors (Lipinski definition) is 3. The number of rotatable bonds is 7. The van der Waals surface area contributed by atoms with Gasteiger partial charge in [-0.15, -0.1) is 0 Å². The molecule has 0 saturated carbocycles. The van der Waals surface area contributed by atoms with Gasteiger partial charge in [-0.05, 0) is 6.42 Å². The summed E-state index contributed by atoms with van der Waals surface area (Å²) in [5, 5.41) is 3.02. The highest BCUT2D eigenvalue weighted by atomic mass is 16.5. The largest absolute Gasteiger partial charge is 0.380 e. The fraction of sp³-hybridized carbons (Fsp3) is 0.556. The quantitative estimate of drug-likeness (QED) is 0.532. The zero-order valence-corrected chi connectivity index (χ0v) is 8.53. The Balaban J connectivity index is 2.12. The van der Waals surface area contributed by atoms with E-state index in [4.69, 9.17) is 10.5 Å². The van der Waals surface area contributed by atoms with Gasteiger partial charge in [0.2, 0.25) is 0 Å². The minimum Gasteiger partial charge on any atom is -0.380 e. The zero-order chi connectivity index (χ0) is 10.9. The highest BCUT2D eigenvalue weighted by molar-refractivity contribution is 5.31. The molecule has 0 fully saturated rings. The molecule has 0 radical (unpaired) electrons. The van der Waals surface area contributed by atoms with Gasteiger partial charge < -0.3 is 20.8 Å². The minimum absolute atomic E-state index is 0.160. The second-order valence-electron chi connectivity index (χ2n) is 2.98. The minimum atomic E-state index is -0.160. The van der Waals surface area contributed by atoms with Crippen LogP contribution in [0.25, 0.3) is 0 Å². The third-order valence-corrected chi connectivity index (χ3v) is 1.71. The summed E-state index contributed by atoms with van der Waals surface area (Å²) < 4.78 is 5.19. The van der Waals surface area contributed by atoms with E-state index in [1.807, 2.05) is 0 Å². The predicted molar refractivity (Wildman–Crippen MR) is 57.8 cm³/mol. The first kappa shape index (κ1) is 11.7. The van der Waals surface area contributed by atoms with E-state index < -0.39 is 0 Å². The summed E-state index contributed by atoms with van der Waals surface area (Å²) in [6.07, 6.45) is 2.23. The van der Waals surface area contributed by atoms with Crippen LogP contribution in [0.3, 0.4) is 0 Å². The summed E-state index contributed by atoms with van der Waals surface area (Å²) in [6.45, 7) is 2.51. The molecule has 1 rings (SSSR count). The molecule has 0 saturated heterocycles. The van der Waals surface area contributed by atoms with Gasteiger partial charge in [-0.25, -0.2) is 4.98 Å². The van der Waals surface area contributed by atoms with Crippen LogP contribution in [0.1, 0.15) is 6.42 Å². The van der Waals surface area contributed by atoms with Crippen LogP contribution < -0.4 is 16.6 Å². The molecule has 0 aromatic carbocycles. The molecule has 0 unspecified atom stereocenters. The molecular formula is C9H16N4O2. The van der Waals surface area contributed by atoms with Gasteiger partial charge in [-0.2, -0.15) is 0 Å². The van der Waals surface area contributed by atoms with Crippen LogP contribution in [0, 0.1) is 0 Å².